The highest BCUT2D eigenvalue weighted by Crippen LogP contribution is 2.17. The van der Waals surface area contributed by atoms with E-state index in [1.165, 1.54) is 18.0 Å². The van der Waals surface area contributed by atoms with Gasteiger partial charge in [-0.3, -0.25) is 4.79 Å². The van der Waals surface area contributed by atoms with Gasteiger partial charge in [-0.2, -0.15) is 5.10 Å². The molecule has 1 heterocycles. The molecular formula is C7H9BrN2O2. The minimum atomic E-state index is -0.170. The number of aromatic nitrogens is 2. The Morgan fingerprint density at radius 2 is 2.42 bits per heavy atom. The molecule has 1 aromatic heterocycles. The lowest BCUT2D eigenvalue weighted by molar-refractivity contribution is 0.403. The van der Waals surface area contributed by atoms with Gasteiger partial charge in [0.15, 0.2) is 5.75 Å². The third kappa shape index (κ3) is 1.50. The van der Waals surface area contributed by atoms with Crippen LogP contribution in [0.3, 0.4) is 0 Å². The zero-order chi connectivity index (χ0) is 9.14. The fourth-order valence-electron chi connectivity index (χ4n) is 0.818. The molecule has 0 bridgehead atoms. The van der Waals surface area contributed by atoms with Crippen molar-refractivity contribution in [2.45, 2.75) is 13.5 Å². The van der Waals surface area contributed by atoms with Gasteiger partial charge >= 0.3 is 0 Å². The van der Waals surface area contributed by atoms with E-state index in [2.05, 4.69) is 21.0 Å². The maximum absolute atomic E-state index is 11.4. The van der Waals surface area contributed by atoms with Gasteiger partial charge in [-0.15, -0.1) is 0 Å². The number of hydrogen-bond acceptors (Lipinski definition) is 3. The standard InChI is InChI=1S/C7H9BrN2O2/c1-3-10-7(11)6(8)5(12-2)4-9-10/h4H,3H2,1-2H3. The molecule has 0 atom stereocenters. The molecule has 0 radical (unpaired) electrons. The molecule has 0 saturated heterocycles. The maximum atomic E-state index is 11.4. The SMILES string of the molecule is CCn1ncc(OC)c(Br)c1=O. The molecule has 5 heteroatoms. The van der Waals surface area contributed by atoms with Crippen LogP contribution in [0.15, 0.2) is 15.5 Å². The van der Waals surface area contributed by atoms with E-state index >= 15 is 0 Å². The van der Waals surface area contributed by atoms with Gasteiger partial charge in [0.1, 0.15) is 4.47 Å². The molecule has 4 nitrogen and oxygen atoms in total. The van der Waals surface area contributed by atoms with Crippen molar-refractivity contribution in [3.8, 4) is 5.75 Å². The van der Waals surface area contributed by atoms with E-state index in [4.69, 9.17) is 4.74 Å². The van der Waals surface area contributed by atoms with Gasteiger partial charge in [0.2, 0.25) is 0 Å². The van der Waals surface area contributed by atoms with Crippen molar-refractivity contribution in [1.82, 2.24) is 9.78 Å². The summed E-state index contributed by atoms with van der Waals surface area (Å²) in [6.07, 6.45) is 1.51. The third-order valence-corrected chi connectivity index (χ3v) is 2.20. The van der Waals surface area contributed by atoms with Crippen LogP contribution in [0, 0.1) is 0 Å². The van der Waals surface area contributed by atoms with E-state index in [1.807, 2.05) is 6.92 Å². The number of nitrogens with zero attached hydrogens (tertiary/aromatic N) is 2. The second-order valence-corrected chi connectivity index (χ2v) is 2.94. The predicted octanol–water partition coefficient (Wildman–Crippen LogP) is 1.03. The smallest absolute Gasteiger partial charge is 0.284 e. The van der Waals surface area contributed by atoms with Crippen molar-refractivity contribution in [3.05, 3.63) is 21.0 Å². The van der Waals surface area contributed by atoms with Gasteiger partial charge in [-0.05, 0) is 22.9 Å². The Labute approximate surface area is 78.3 Å². The van der Waals surface area contributed by atoms with Crippen molar-refractivity contribution in [1.29, 1.82) is 0 Å². The molecule has 66 valence electrons. The third-order valence-electron chi connectivity index (χ3n) is 1.47. The lowest BCUT2D eigenvalue weighted by Gasteiger charge is -2.04. The second kappa shape index (κ2) is 3.71. The minimum Gasteiger partial charge on any atom is -0.494 e. The first-order chi connectivity index (χ1) is 5.70. The Balaban J connectivity index is 3.30. The Hall–Kier alpha value is -0.840. The molecule has 0 aliphatic carbocycles. The summed E-state index contributed by atoms with van der Waals surface area (Å²) in [5, 5.41) is 3.88. The summed E-state index contributed by atoms with van der Waals surface area (Å²) in [6, 6.07) is 0. The fraction of sp³-hybridized carbons (Fsp3) is 0.429. The van der Waals surface area contributed by atoms with E-state index < -0.39 is 0 Å². The van der Waals surface area contributed by atoms with Crippen LogP contribution in [-0.4, -0.2) is 16.9 Å². The Morgan fingerprint density at radius 1 is 1.75 bits per heavy atom. The van der Waals surface area contributed by atoms with Crippen molar-refractivity contribution < 1.29 is 4.74 Å². The number of ether oxygens (including phenoxy) is 1. The van der Waals surface area contributed by atoms with Crippen molar-refractivity contribution in [2.75, 3.05) is 7.11 Å². The molecule has 0 N–H and O–H groups in total. The van der Waals surface area contributed by atoms with Crippen LogP contribution < -0.4 is 10.3 Å². The number of hydrogen-bond donors (Lipinski definition) is 0. The zero-order valence-corrected chi connectivity index (χ0v) is 8.46. The highest BCUT2D eigenvalue weighted by atomic mass is 79.9. The van der Waals surface area contributed by atoms with E-state index in [-0.39, 0.29) is 5.56 Å². The molecule has 0 aliphatic rings. The summed E-state index contributed by atoms with van der Waals surface area (Å²) in [7, 11) is 1.50. The monoisotopic (exact) mass is 232 g/mol. The first-order valence-electron chi connectivity index (χ1n) is 3.50. The summed E-state index contributed by atoms with van der Waals surface area (Å²) in [6.45, 7) is 2.41. The van der Waals surface area contributed by atoms with Crippen molar-refractivity contribution in [3.63, 3.8) is 0 Å². The van der Waals surface area contributed by atoms with Crippen molar-refractivity contribution >= 4 is 15.9 Å². The number of aryl methyl sites for hydroxylation is 1. The molecule has 12 heavy (non-hydrogen) atoms. The fourth-order valence-corrected chi connectivity index (χ4v) is 1.29. The van der Waals surface area contributed by atoms with Crippen molar-refractivity contribution in [2.24, 2.45) is 0 Å². The normalized spacial score (nSPS) is 9.92. The van der Waals surface area contributed by atoms with E-state index in [9.17, 15) is 4.79 Å². The quantitative estimate of drug-likeness (QED) is 0.766. The topological polar surface area (TPSA) is 44.1 Å². The summed E-state index contributed by atoms with van der Waals surface area (Å²) in [5.41, 5.74) is -0.170. The summed E-state index contributed by atoms with van der Waals surface area (Å²) in [5.74, 6) is 0.463. The maximum Gasteiger partial charge on any atom is 0.284 e. The van der Waals surface area contributed by atoms with Crippen LogP contribution in [-0.2, 0) is 6.54 Å². The predicted molar refractivity (Wildman–Crippen MR) is 48.4 cm³/mol. The molecule has 0 fully saturated rings. The molecule has 0 saturated carbocycles. The first-order valence-corrected chi connectivity index (χ1v) is 4.29. The first kappa shape index (κ1) is 9.25. The zero-order valence-electron chi connectivity index (χ0n) is 6.87. The molecule has 0 aromatic carbocycles. The van der Waals surface area contributed by atoms with Crippen LogP contribution in [0.1, 0.15) is 6.92 Å². The molecule has 0 amide bonds. The van der Waals surface area contributed by atoms with Crippen LogP contribution in [0.2, 0.25) is 0 Å². The van der Waals surface area contributed by atoms with Gasteiger partial charge in [-0.25, -0.2) is 4.68 Å². The van der Waals surface area contributed by atoms with Gasteiger partial charge in [0.25, 0.3) is 5.56 Å². The Morgan fingerprint density at radius 3 is 2.92 bits per heavy atom. The van der Waals surface area contributed by atoms with Gasteiger partial charge in [0.05, 0.1) is 13.3 Å². The lowest BCUT2D eigenvalue weighted by Crippen LogP contribution is -2.22. The molecular weight excluding hydrogens is 224 g/mol. The van der Waals surface area contributed by atoms with E-state index in [0.717, 1.165) is 0 Å². The molecule has 0 aliphatic heterocycles. The second-order valence-electron chi connectivity index (χ2n) is 2.15. The van der Waals surface area contributed by atoms with Gasteiger partial charge < -0.3 is 4.74 Å². The Kier molecular flexibility index (Phi) is 2.86. The van der Waals surface area contributed by atoms with Crippen LogP contribution in [0.5, 0.6) is 5.75 Å². The summed E-state index contributed by atoms with van der Waals surface area (Å²) >= 11 is 3.13. The molecule has 1 aromatic rings. The van der Waals surface area contributed by atoms with E-state index in [1.54, 1.807) is 0 Å². The van der Waals surface area contributed by atoms with E-state index in [0.29, 0.717) is 16.8 Å². The summed E-state index contributed by atoms with van der Waals surface area (Å²) in [4.78, 5) is 11.4. The number of rotatable bonds is 2. The van der Waals surface area contributed by atoms with Crippen LogP contribution >= 0.6 is 15.9 Å². The minimum absolute atomic E-state index is 0.170. The highest BCUT2D eigenvalue weighted by molar-refractivity contribution is 9.10. The van der Waals surface area contributed by atoms with Crippen LogP contribution in [0.25, 0.3) is 0 Å². The molecule has 0 spiro atoms. The summed E-state index contributed by atoms with van der Waals surface area (Å²) < 4.78 is 6.67. The average Bonchev–Trinajstić information content (AvgIpc) is 2.10. The van der Waals surface area contributed by atoms with Crippen LogP contribution in [0.4, 0.5) is 0 Å². The Bertz CT molecular complexity index is 335. The molecule has 0 unspecified atom stereocenters. The molecule has 1 rings (SSSR count). The highest BCUT2D eigenvalue weighted by Gasteiger charge is 2.06. The van der Waals surface area contributed by atoms with Gasteiger partial charge in [0, 0.05) is 6.54 Å². The van der Waals surface area contributed by atoms with Gasteiger partial charge in [-0.1, -0.05) is 0 Å². The number of methoxy groups -OCH3 is 1. The largest absolute Gasteiger partial charge is 0.494 e. The number of halogens is 1. The lowest BCUT2D eigenvalue weighted by atomic mass is 10.5. The average molecular weight is 233 g/mol.